The Bertz CT molecular complexity index is 517. The Labute approximate surface area is 114 Å². The van der Waals surface area contributed by atoms with E-state index in [1.54, 1.807) is 0 Å². The Kier molecular flexibility index (Phi) is 4.40. The van der Waals surface area contributed by atoms with Crippen molar-refractivity contribution in [1.29, 1.82) is 0 Å². The summed E-state index contributed by atoms with van der Waals surface area (Å²) < 4.78 is 0. The molecule has 0 aliphatic rings. The minimum absolute atomic E-state index is 0.777. The number of benzene rings is 2. The maximum atomic E-state index is 5.94. The van der Waals surface area contributed by atoms with E-state index in [-0.39, 0.29) is 0 Å². The predicted molar refractivity (Wildman–Crippen MR) is 79.0 cm³/mol. The van der Waals surface area contributed by atoms with Gasteiger partial charge in [0.2, 0.25) is 0 Å². The number of rotatable bonds is 4. The van der Waals surface area contributed by atoms with Crippen molar-refractivity contribution in [1.82, 2.24) is 5.32 Å². The molecular weight excluding hydrogens is 242 g/mol. The lowest BCUT2D eigenvalue weighted by Gasteiger charge is -2.11. The monoisotopic (exact) mass is 259 g/mol. The van der Waals surface area contributed by atoms with Gasteiger partial charge in [-0.3, -0.25) is 0 Å². The van der Waals surface area contributed by atoms with Crippen LogP contribution in [0.25, 0.3) is 11.1 Å². The number of hydrogen-bond donors (Lipinski definition) is 1. The van der Waals surface area contributed by atoms with Gasteiger partial charge in [-0.15, -0.1) is 0 Å². The van der Waals surface area contributed by atoms with Crippen LogP contribution in [-0.4, -0.2) is 6.54 Å². The topological polar surface area (TPSA) is 12.0 Å². The van der Waals surface area contributed by atoms with E-state index in [0.717, 1.165) is 18.1 Å². The van der Waals surface area contributed by atoms with Gasteiger partial charge in [-0.2, -0.15) is 0 Å². The third-order valence-corrected chi connectivity index (χ3v) is 3.24. The van der Waals surface area contributed by atoms with Gasteiger partial charge >= 0.3 is 0 Å². The molecule has 2 aromatic carbocycles. The van der Waals surface area contributed by atoms with Crippen LogP contribution in [0, 0.1) is 6.92 Å². The van der Waals surface area contributed by atoms with E-state index < -0.39 is 0 Å². The lowest BCUT2D eigenvalue weighted by molar-refractivity contribution is 0.728. The van der Waals surface area contributed by atoms with Crippen LogP contribution in [0.4, 0.5) is 0 Å². The van der Waals surface area contributed by atoms with Crippen molar-refractivity contribution < 1.29 is 0 Å². The van der Waals surface area contributed by atoms with Crippen LogP contribution in [0.3, 0.4) is 0 Å². The normalized spacial score (nSPS) is 10.6. The van der Waals surface area contributed by atoms with Gasteiger partial charge in [-0.05, 0) is 42.3 Å². The first-order valence-corrected chi connectivity index (χ1v) is 6.64. The molecule has 0 saturated carbocycles. The molecule has 0 heterocycles. The SMILES string of the molecule is CCNCc1ccc(C)cc1-c1ccc(Cl)cc1. The molecule has 0 aliphatic carbocycles. The molecule has 0 unspecified atom stereocenters. The molecule has 0 radical (unpaired) electrons. The van der Waals surface area contributed by atoms with Gasteiger partial charge in [0.15, 0.2) is 0 Å². The predicted octanol–water partition coefficient (Wildman–Crippen LogP) is 4.42. The summed E-state index contributed by atoms with van der Waals surface area (Å²) in [7, 11) is 0. The molecule has 94 valence electrons. The molecule has 1 nitrogen and oxygen atoms in total. The average Bonchev–Trinajstić information content (AvgIpc) is 2.38. The zero-order valence-corrected chi connectivity index (χ0v) is 11.6. The first-order valence-electron chi connectivity index (χ1n) is 6.27. The quantitative estimate of drug-likeness (QED) is 0.857. The van der Waals surface area contributed by atoms with Crippen molar-refractivity contribution in [2.45, 2.75) is 20.4 Å². The highest BCUT2D eigenvalue weighted by Gasteiger charge is 2.05. The maximum absolute atomic E-state index is 5.94. The molecule has 2 aromatic rings. The van der Waals surface area contributed by atoms with Gasteiger partial charge in [0, 0.05) is 11.6 Å². The van der Waals surface area contributed by atoms with E-state index in [1.807, 2.05) is 12.1 Å². The van der Waals surface area contributed by atoms with Crippen LogP contribution in [0.5, 0.6) is 0 Å². The van der Waals surface area contributed by atoms with E-state index in [2.05, 4.69) is 49.5 Å². The number of hydrogen-bond acceptors (Lipinski definition) is 1. The lowest BCUT2D eigenvalue weighted by atomic mass is 9.97. The van der Waals surface area contributed by atoms with Crippen molar-refractivity contribution in [2.24, 2.45) is 0 Å². The summed E-state index contributed by atoms with van der Waals surface area (Å²) >= 11 is 5.94. The first-order chi connectivity index (χ1) is 8.70. The summed E-state index contributed by atoms with van der Waals surface area (Å²) in [6.45, 7) is 6.12. The minimum Gasteiger partial charge on any atom is -0.313 e. The van der Waals surface area contributed by atoms with Gasteiger partial charge < -0.3 is 5.32 Å². The summed E-state index contributed by atoms with van der Waals surface area (Å²) in [5.74, 6) is 0. The largest absolute Gasteiger partial charge is 0.313 e. The third kappa shape index (κ3) is 3.12. The molecule has 0 aromatic heterocycles. The highest BCUT2D eigenvalue weighted by atomic mass is 35.5. The lowest BCUT2D eigenvalue weighted by Crippen LogP contribution is -2.12. The van der Waals surface area contributed by atoms with E-state index in [1.165, 1.54) is 22.3 Å². The van der Waals surface area contributed by atoms with Gasteiger partial charge in [0.25, 0.3) is 0 Å². The van der Waals surface area contributed by atoms with Crippen LogP contribution < -0.4 is 5.32 Å². The fourth-order valence-electron chi connectivity index (χ4n) is 2.00. The van der Waals surface area contributed by atoms with Crippen LogP contribution in [0.15, 0.2) is 42.5 Å². The summed E-state index contributed by atoms with van der Waals surface area (Å²) in [5, 5.41) is 4.16. The second-order valence-corrected chi connectivity index (χ2v) is 4.88. The van der Waals surface area contributed by atoms with Gasteiger partial charge in [-0.25, -0.2) is 0 Å². The Balaban J connectivity index is 2.40. The van der Waals surface area contributed by atoms with Crippen LogP contribution in [-0.2, 0) is 6.54 Å². The molecule has 0 atom stereocenters. The van der Waals surface area contributed by atoms with Gasteiger partial charge in [0.05, 0.1) is 0 Å². The fraction of sp³-hybridized carbons (Fsp3) is 0.250. The number of aryl methyl sites for hydroxylation is 1. The Hall–Kier alpha value is -1.31. The van der Waals surface area contributed by atoms with Crippen molar-refractivity contribution in [3.63, 3.8) is 0 Å². The molecular formula is C16H18ClN. The summed E-state index contributed by atoms with van der Waals surface area (Å²) in [6.07, 6.45) is 0. The maximum Gasteiger partial charge on any atom is 0.0406 e. The van der Waals surface area contributed by atoms with E-state index >= 15 is 0 Å². The van der Waals surface area contributed by atoms with Crippen molar-refractivity contribution in [3.8, 4) is 11.1 Å². The molecule has 18 heavy (non-hydrogen) atoms. The van der Waals surface area contributed by atoms with Crippen molar-refractivity contribution >= 4 is 11.6 Å². The van der Waals surface area contributed by atoms with E-state index in [0.29, 0.717) is 0 Å². The van der Waals surface area contributed by atoms with Crippen molar-refractivity contribution in [3.05, 3.63) is 58.6 Å². The highest BCUT2D eigenvalue weighted by Crippen LogP contribution is 2.26. The summed E-state index contributed by atoms with van der Waals surface area (Å²) in [5.41, 5.74) is 5.11. The standard InChI is InChI=1S/C16H18ClN/c1-3-18-11-14-5-4-12(2)10-16(14)13-6-8-15(17)9-7-13/h4-10,18H,3,11H2,1-2H3. The molecule has 0 spiro atoms. The first kappa shape index (κ1) is 13.1. The zero-order chi connectivity index (χ0) is 13.0. The molecule has 2 heteroatoms. The van der Waals surface area contributed by atoms with E-state index in [9.17, 15) is 0 Å². The average molecular weight is 260 g/mol. The second kappa shape index (κ2) is 6.03. The van der Waals surface area contributed by atoms with Crippen LogP contribution in [0.2, 0.25) is 5.02 Å². The van der Waals surface area contributed by atoms with E-state index in [4.69, 9.17) is 11.6 Å². The molecule has 2 rings (SSSR count). The second-order valence-electron chi connectivity index (χ2n) is 4.45. The smallest absolute Gasteiger partial charge is 0.0406 e. The Morgan fingerprint density at radius 3 is 2.44 bits per heavy atom. The molecule has 0 bridgehead atoms. The Morgan fingerprint density at radius 2 is 1.78 bits per heavy atom. The van der Waals surface area contributed by atoms with Gasteiger partial charge in [0.1, 0.15) is 0 Å². The third-order valence-electron chi connectivity index (χ3n) is 2.99. The van der Waals surface area contributed by atoms with Crippen LogP contribution in [0.1, 0.15) is 18.1 Å². The highest BCUT2D eigenvalue weighted by molar-refractivity contribution is 6.30. The van der Waals surface area contributed by atoms with Crippen LogP contribution >= 0.6 is 11.6 Å². The Morgan fingerprint density at radius 1 is 1.06 bits per heavy atom. The molecule has 1 N–H and O–H groups in total. The van der Waals surface area contributed by atoms with Crippen molar-refractivity contribution in [2.75, 3.05) is 6.54 Å². The molecule has 0 aliphatic heterocycles. The molecule has 0 saturated heterocycles. The summed E-state index contributed by atoms with van der Waals surface area (Å²) in [6, 6.07) is 14.6. The zero-order valence-electron chi connectivity index (χ0n) is 10.8. The fourth-order valence-corrected chi connectivity index (χ4v) is 2.13. The minimum atomic E-state index is 0.777. The molecule has 0 amide bonds. The number of nitrogens with one attached hydrogen (secondary N) is 1. The summed E-state index contributed by atoms with van der Waals surface area (Å²) in [4.78, 5) is 0. The van der Waals surface area contributed by atoms with Gasteiger partial charge in [-0.1, -0.05) is 54.4 Å². The molecule has 0 fully saturated rings. The number of halogens is 1.